The van der Waals surface area contributed by atoms with Gasteiger partial charge in [0.25, 0.3) is 0 Å². The molecule has 1 amide bonds. The van der Waals surface area contributed by atoms with Crippen LogP contribution in [0.4, 0.5) is 0 Å². The van der Waals surface area contributed by atoms with Crippen molar-refractivity contribution < 1.29 is 15.0 Å². The zero-order valence-corrected chi connectivity index (χ0v) is 48.1. The Bertz CT molecular complexity index is 1020. The number of unbranched alkanes of at least 4 members (excludes halogenated alkanes) is 52. The fraction of sp³-hybridized carbons (Fsp3) is 0.924. The van der Waals surface area contributed by atoms with Crippen molar-refractivity contribution in [2.75, 3.05) is 6.61 Å². The van der Waals surface area contributed by atoms with Crippen LogP contribution in [-0.4, -0.2) is 34.9 Å². The van der Waals surface area contributed by atoms with Crippen LogP contribution in [-0.2, 0) is 4.79 Å². The lowest BCUT2D eigenvalue weighted by atomic mass is 10.0. The summed E-state index contributed by atoms with van der Waals surface area (Å²) in [6.45, 7) is 4.35. The molecule has 0 aromatic carbocycles. The van der Waals surface area contributed by atoms with Crippen molar-refractivity contribution in [3.05, 3.63) is 24.3 Å². The van der Waals surface area contributed by atoms with Crippen molar-refractivity contribution >= 4 is 5.91 Å². The molecule has 0 fully saturated rings. The van der Waals surface area contributed by atoms with Crippen molar-refractivity contribution in [2.24, 2.45) is 0 Å². The van der Waals surface area contributed by atoms with Crippen LogP contribution in [0.1, 0.15) is 373 Å². The van der Waals surface area contributed by atoms with Gasteiger partial charge in [0.2, 0.25) is 5.91 Å². The number of nitrogens with one attached hydrogen (secondary N) is 1. The zero-order chi connectivity index (χ0) is 50.6. The van der Waals surface area contributed by atoms with Gasteiger partial charge in [-0.15, -0.1) is 0 Å². The third-order valence-corrected chi connectivity index (χ3v) is 15.4. The Hall–Kier alpha value is -1.13. The molecule has 416 valence electrons. The summed E-state index contributed by atoms with van der Waals surface area (Å²) in [5.41, 5.74) is 0. The van der Waals surface area contributed by atoms with Crippen LogP contribution >= 0.6 is 0 Å². The van der Waals surface area contributed by atoms with Gasteiger partial charge in [0.15, 0.2) is 0 Å². The van der Waals surface area contributed by atoms with Crippen LogP contribution < -0.4 is 5.32 Å². The molecule has 2 unspecified atom stereocenters. The molecule has 0 aliphatic carbocycles. The van der Waals surface area contributed by atoms with Gasteiger partial charge in [0.05, 0.1) is 18.8 Å². The molecule has 0 aliphatic rings. The van der Waals surface area contributed by atoms with Crippen LogP contribution in [0.3, 0.4) is 0 Å². The maximum Gasteiger partial charge on any atom is 0.220 e. The summed E-state index contributed by atoms with van der Waals surface area (Å²) >= 11 is 0. The predicted octanol–water partition coefficient (Wildman–Crippen LogP) is 21.8. The SMILES string of the molecule is CCCCCCCCCCCCCCCCCCCCCCCCCC/C=C/CC/C=C/C(O)C(CO)NC(=O)CCCCCCCCCCCCCCCCCCCCCCCCCCCCCC. The van der Waals surface area contributed by atoms with Gasteiger partial charge in [-0.1, -0.05) is 359 Å². The Kier molecular flexibility index (Phi) is 61.2. The summed E-state index contributed by atoms with van der Waals surface area (Å²) in [5, 5.41) is 23.2. The molecule has 4 nitrogen and oxygen atoms in total. The van der Waals surface area contributed by atoms with E-state index in [2.05, 4.69) is 31.3 Å². The van der Waals surface area contributed by atoms with Gasteiger partial charge in [-0.05, 0) is 32.1 Å². The molecule has 0 radical (unpaired) electrons. The number of hydrogen-bond donors (Lipinski definition) is 3. The Balaban J connectivity index is 3.45. The molecule has 2 atom stereocenters. The van der Waals surface area contributed by atoms with E-state index in [4.69, 9.17) is 0 Å². The lowest BCUT2D eigenvalue weighted by Crippen LogP contribution is -2.45. The molecule has 0 aromatic heterocycles. The Morgan fingerprint density at radius 2 is 0.557 bits per heavy atom. The van der Waals surface area contributed by atoms with Crippen LogP contribution in [0, 0.1) is 0 Å². The predicted molar refractivity (Wildman–Crippen MR) is 313 cm³/mol. The summed E-state index contributed by atoms with van der Waals surface area (Å²) in [6.07, 6.45) is 83.9. The van der Waals surface area contributed by atoms with E-state index in [0.29, 0.717) is 6.42 Å². The van der Waals surface area contributed by atoms with Gasteiger partial charge in [-0.2, -0.15) is 0 Å². The highest BCUT2D eigenvalue weighted by Crippen LogP contribution is 2.19. The number of amides is 1. The zero-order valence-electron chi connectivity index (χ0n) is 48.1. The van der Waals surface area contributed by atoms with Gasteiger partial charge in [-0.3, -0.25) is 4.79 Å². The van der Waals surface area contributed by atoms with E-state index >= 15 is 0 Å². The maximum absolute atomic E-state index is 12.5. The highest BCUT2D eigenvalue weighted by molar-refractivity contribution is 5.76. The van der Waals surface area contributed by atoms with Crippen LogP contribution in [0.2, 0.25) is 0 Å². The molecule has 0 bridgehead atoms. The summed E-state index contributed by atoms with van der Waals surface area (Å²) in [4.78, 5) is 12.5. The maximum atomic E-state index is 12.5. The second kappa shape index (κ2) is 62.2. The minimum absolute atomic E-state index is 0.0648. The first-order valence-electron chi connectivity index (χ1n) is 32.6. The fourth-order valence-corrected chi connectivity index (χ4v) is 10.5. The number of carbonyl (C=O) groups is 1. The number of hydrogen-bond acceptors (Lipinski definition) is 3. The highest BCUT2D eigenvalue weighted by Gasteiger charge is 2.18. The molecule has 0 rings (SSSR count). The summed E-state index contributed by atoms with van der Waals surface area (Å²) in [7, 11) is 0. The number of rotatable bonds is 61. The van der Waals surface area contributed by atoms with E-state index in [0.717, 1.165) is 32.1 Å². The van der Waals surface area contributed by atoms with E-state index in [1.807, 2.05) is 6.08 Å². The molecule has 0 saturated heterocycles. The molecule has 3 N–H and O–H groups in total. The van der Waals surface area contributed by atoms with Crippen LogP contribution in [0.25, 0.3) is 0 Å². The molecule has 70 heavy (non-hydrogen) atoms. The second-order valence-electron chi connectivity index (χ2n) is 22.5. The largest absolute Gasteiger partial charge is 0.394 e. The average Bonchev–Trinajstić information content (AvgIpc) is 3.36. The molecule has 0 aromatic rings. The Morgan fingerprint density at radius 3 is 0.829 bits per heavy atom. The van der Waals surface area contributed by atoms with E-state index in [-0.39, 0.29) is 12.5 Å². The minimum atomic E-state index is -0.861. The number of allylic oxidation sites excluding steroid dienone is 3. The molecule has 4 heteroatoms. The second-order valence-corrected chi connectivity index (χ2v) is 22.5. The van der Waals surface area contributed by atoms with Gasteiger partial charge >= 0.3 is 0 Å². The third kappa shape index (κ3) is 57.8. The van der Waals surface area contributed by atoms with Gasteiger partial charge in [0, 0.05) is 6.42 Å². The van der Waals surface area contributed by atoms with Crippen molar-refractivity contribution in [3.63, 3.8) is 0 Å². The third-order valence-electron chi connectivity index (χ3n) is 15.4. The van der Waals surface area contributed by atoms with Gasteiger partial charge < -0.3 is 15.5 Å². The molecular formula is C66H129NO3. The van der Waals surface area contributed by atoms with Crippen molar-refractivity contribution in [1.82, 2.24) is 5.32 Å². The van der Waals surface area contributed by atoms with Gasteiger partial charge in [0.1, 0.15) is 0 Å². The summed E-state index contributed by atoms with van der Waals surface area (Å²) in [5.74, 6) is -0.0648. The topological polar surface area (TPSA) is 69.6 Å². The first-order valence-corrected chi connectivity index (χ1v) is 32.6. The highest BCUT2D eigenvalue weighted by atomic mass is 16.3. The minimum Gasteiger partial charge on any atom is -0.394 e. The van der Waals surface area contributed by atoms with E-state index < -0.39 is 12.1 Å². The van der Waals surface area contributed by atoms with E-state index in [1.165, 1.54) is 321 Å². The van der Waals surface area contributed by atoms with E-state index in [1.54, 1.807) is 6.08 Å². The Labute approximate surface area is 440 Å². The fourth-order valence-electron chi connectivity index (χ4n) is 10.5. The first kappa shape index (κ1) is 68.9. The lowest BCUT2D eigenvalue weighted by molar-refractivity contribution is -0.123. The molecule has 0 heterocycles. The number of carbonyl (C=O) groups excluding carboxylic acids is 1. The smallest absolute Gasteiger partial charge is 0.220 e. The van der Waals surface area contributed by atoms with Crippen molar-refractivity contribution in [2.45, 2.75) is 386 Å². The van der Waals surface area contributed by atoms with Gasteiger partial charge in [-0.25, -0.2) is 0 Å². The Morgan fingerprint density at radius 1 is 0.329 bits per heavy atom. The quantitative estimate of drug-likeness (QED) is 0.0420. The molecule has 0 spiro atoms. The standard InChI is InChI=1S/C66H129NO3/c1-3-5-7-9-11-13-15-17-19-21-23-25-27-29-31-33-34-35-37-39-41-43-45-47-49-51-53-55-57-59-61-65(69)64(63-68)67-66(70)62-60-58-56-54-52-50-48-46-44-42-40-38-36-32-30-28-26-24-22-20-18-16-14-12-10-8-6-4-2/h51,53,59,61,64-65,68-69H,3-50,52,54-58,60,62-63H2,1-2H3,(H,67,70)/b53-51+,61-59+. The molecule has 0 aliphatic heterocycles. The number of aliphatic hydroxyl groups excluding tert-OH is 2. The van der Waals surface area contributed by atoms with Crippen LogP contribution in [0.15, 0.2) is 24.3 Å². The van der Waals surface area contributed by atoms with Crippen molar-refractivity contribution in [1.29, 1.82) is 0 Å². The lowest BCUT2D eigenvalue weighted by Gasteiger charge is -2.19. The summed E-state index contributed by atoms with van der Waals surface area (Å²) in [6, 6.07) is -0.637. The number of aliphatic hydroxyl groups is 2. The molecule has 0 saturated carbocycles. The average molecular weight is 985 g/mol. The molecular weight excluding hydrogens is 855 g/mol. The van der Waals surface area contributed by atoms with E-state index in [9.17, 15) is 15.0 Å². The first-order chi connectivity index (χ1) is 34.7. The monoisotopic (exact) mass is 984 g/mol. The normalized spacial score (nSPS) is 12.8. The van der Waals surface area contributed by atoms with Crippen molar-refractivity contribution in [3.8, 4) is 0 Å². The van der Waals surface area contributed by atoms with Crippen LogP contribution in [0.5, 0.6) is 0 Å². The summed E-state index contributed by atoms with van der Waals surface area (Å²) < 4.78 is 0.